The molecule has 5 nitrogen and oxygen atoms in total. The zero-order chi connectivity index (χ0) is 12.8. The number of aliphatic hydroxyl groups excluding tert-OH is 2. The second kappa shape index (κ2) is 6.09. The highest BCUT2D eigenvalue weighted by molar-refractivity contribution is 5.43. The van der Waals surface area contributed by atoms with Crippen molar-refractivity contribution in [3.05, 3.63) is 23.8 Å². The van der Waals surface area contributed by atoms with Crippen LogP contribution >= 0.6 is 0 Å². The molecule has 0 amide bonds. The second-order valence-corrected chi connectivity index (χ2v) is 3.49. The van der Waals surface area contributed by atoms with Crippen LogP contribution < -0.4 is 9.47 Å². The van der Waals surface area contributed by atoms with Gasteiger partial charge in [0.05, 0.1) is 32.8 Å². The Labute approximate surface area is 99.8 Å². The SMILES string of the molecule is COc1ccc(C(O)C(O)CC#N)cc1OC. The number of ether oxygens (including phenoxy) is 2. The first-order valence-corrected chi connectivity index (χ1v) is 5.09. The Morgan fingerprint density at radius 1 is 1.24 bits per heavy atom. The van der Waals surface area contributed by atoms with E-state index in [4.69, 9.17) is 14.7 Å². The molecule has 0 fully saturated rings. The summed E-state index contributed by atoms with van der Waals surface area (Å²) in [5.41, 5.74) is 0.477. The van der Waals surface area contributed by atoms with Crippen LogP contribution in [0.15, 0.2) is 18.2 Å². The van der Waals surface area contributed by atoms with E-state index in [0.29, 0.717) is 17.1 Å². The van der Waals surface area contributed by atoms with Crippen LogP contribution in [0.2, 0.25) is 0 Å². The van der Waals surface area contributed by atoms with E-state index in [-0.39, 0.29) is 6.42 Å². The van der Waals surface area contributed by atoms with Crippen LogP contribution in [0.5, 0.6) is 11.5 Å². The van der Waals surface area contributed by atoms with Crippen molar-refractivity contribution in [1.29, 1.82) is 5.26 Å². The van der Waals surface area contributed by atoms with Gasteiger partial charge < -0.3 is 19.7 Å². The van der Waals surface area contributed by atoms with E-state index in [0.717, 1.165) is 0 Å². The van der Waals surface area contributed by atoms with Crippen LogP contribution in [0, 0.1) is 11.3 Å². The summed E-state index contributed by atoms with van der Waals surface area (Å²) in [7, 11) is 3.00. The largest absolute Gasteiger partial charge is 0.493 e. The van der Waals surface area contributed by atoms with E-state index in [9.17, 15) is 10.2 Å². The highest BCUT2D eigenvalue weighted by Crippen LogP contribution is 2.31. The summed E-state index contributed by atoms with van der Waals surface area (Å²) in [6, 6.07) is 6.63. The van der Waals surface area contributed by atoms with Crippen molar-refractivity contribution in [2.45, 2.75) is 18.6 Å². The number of benzene rings is 1. The third-order valence-corrected chi connectivity index (χ3v) is 2.41. The van der Waals surface area contributed by atoms with Gasteiger partial charge in [0.1, 0.15) is 6.10 Å². The van der Waals surface area contributed by atoms with Crippen molar-refractivity contribution in [1.82, 2.24) is 0 Å². The van der Waals surface area contributed by atoms with Gasteiger partial charge in [0.2, 0.25) is 0 Å². The molecular formula is C12H15NO4. The predicted molar refractivity (Wildman–Crippen MR) is 60.7 cm³/mol. The lowest BCUT2D eigenvalue weighted by Gasteiger charge is -2.17. The van der Waals surface area contributed by atoms with Gasteiger partial charge in [-0.25, -0.2) is 0 Å². The maximum Gasteiger partial charge on any atom is 0.161 e. The van der Waals surface area contributed by atoms with E-state index >= 15 is 0 Å². The number of nitriles is 1. The van der Waals surface area contributed by atoms with E-state index in [1.165, 1.54) is 14.2 Å². The minimum absolute atomic E-state index is 0.129. The third-order valence-electron chi connectivity index (χ3n) is 2.41. The molecule has 0 heterocycles. The molecule has 0 aromatic heterocycles. The second-order valence-electron chi connectivity index (χ2n) is 3.49. The van der Waals surface area contributed by atoms with Crippen LogP contribution in [0.4, 0.5) is 0 Å². The molecule has 17 heavy (non-hydrogen) atoms. The number of hydrogen-bond donors (Lipinski definition) is 2. The summed E-state index contributed by atoms with van der Waals surface area (Å²) in [4.78, 5) is 0. The molecule has 2 atom stereocenters. The normalized spacial score (nSPS) is 13.6. The summed E-state index contributed by atoms with van der Waals surface area (Å²) in [5, 5.41) is 27.8. The molecule has 0 spiro atoms. The lowest BCUT2D eigenvalue weighted by Crippen LogP contribution is -2.17. The molecule has 0 aliphatic rings. The first-order chi connectivity index (χ1) is 8.13. The Morgan fingerprint density at radius 3 is 2.41 bits per heavy atom. The van der Waals surface area contributed by atoms with E-state index in [2.05, 4.69) is 0 Å². The topological polar surface area (TPSA) is 82.7 Å². The number of nitrogens with zero attached hydrogens (tertiary/aromatic N) is 1. The summed E-state index contributed by atoms with van der Waals surface area (Å²) in [6.45, 7) is 0. The van der Waals surface area contributed by atoms with Crippen molar-refractivity contribution < 1.29 is 19.7 Å². The summed E-state index contributed by atoms with van der Waals surface area (Å²) in [5.74, 6) is 1.01. The van der Waals surface area contributed by atoms with E-state index in [1.807, 2.05) is 0 Å². The fourth-order valence-corrected chi connectivity index (χ4v) is 1.46. The number of aliphatic hydroxyl groups is 2. The number of rotatable bonds is 5. The standard InChI is InChI=1S/C12H15NO4/c1-16-10-4-3-8(7-11(10)17-2)12(15)9(14)5-6-13/h3-4,7,9,12,14-15H,5H2,1-2H3. The van der Waals surface area contributed by atoms with Crippen LogP contribution in [-0.4, -0.2) is 30.5 Å². The maximum absolute atomic E-state index is 9.81. The molecule has 92 valence electrons. The molecular weight excluding hydrogens is 222 g/mol. The van der Waals surface area contributed by atoms with Crippen molar-refractivity contribution in [3.63, 3.8) is 0 Å². The molecule has 0 bridgehead atoms. The minimum Gasteiger partial charge on any atom is -0.493 e. The third kappa shape index (κ3) is 3.09. The van der Waals surface area contributed by atoms with Gasteiger partial charge in [-0.2, -0.15) is 5.26 Å². The van der Waals surface area contributed by atoms with Gasteiger partial charge in [-0.15, -0.1) is 0 Å². The van der Waals surface area contributed by atoms with Gasteiger partial charge in [-0.3, -0.25) is 0 Å². The summed E-state index contributed by atoms with van der Waals surface area (Å²) >= 11 is 0. The minimum atomic E-state index is -1.12. The van der Waals surface area contributed by atoms with E-state index in [1.54, 1.807) is 24.3 Å². The first-order valence-electron chi connectivity index (χ1n) is 5.09. The summed E-state index contributed by atoms with van der Waals surface area (Å²) < 4.78 is 10.1. The molecule has 0 saturated heterocycles. The number of methoxy groups -OCH3 is 2. The Bertz CT molecular complexity index is 413. The lowest BCUT2D eigenvalue weighted by molar-refractivity contribution is 0.0215. The van der Waals surface area contributed by atoms with Crippen molar-refractivity contribution in [2.24, 2.45) is 0 Å². The van der Waals surface area contributed by atoms with Gasteiger partial charge in [-0.1, -0.05) is 6.07 Å². The maximum atomic E-state index is 9.81. The van der Waals surface area contributed by atoms with Crippen molar-refractivity contribution >= 4 is 0 Å². The first kappa shape index (κ1) is 13.3. The highest BCUT2D eigenvalue weighted by atomic mass is 16.5. The van der Waals surface area contributed by atoms with Crippen LogP contribution in [-0.2, 0) is 0 Å². The zero-order valence-electron chi connectivity index (χ0n) is 9.75. The molecule has 2 unspecified atom stereocenters. The fraction of sp³-hybridized carbons (Fsp3) is 0.417. The van der Waals surface area contributed by atoms with Crippen molar-refractivity contribution in [2.75, 3.05) is 14.2 Å². The fourth-order valence-electron chi connectivity index (χ4n) is 1.46. The van der Waals surface area contributed by atoms with Gasteiger partial charge in [0.25, 0.3) is 0 Å². The van der Waals surface area contributed by atoms with Crippen LogP contribution in [0.25, 0.3) is 0 Å². The molecule has 1 aromatic rings. The Morgan fingerprint density at radius 2 is 1.88 bits per heavy atom. The smallest absolute Gasteiger partial charge is 0.161 e. The monoisotopic (exact) mass is 237 g/mol. The predicted octanol–water partition coefficient (Wildman–Crippen LogP) is 1.01. The molecule has 0 aliphatic heterocycles. The Hall–Kier alpha value is -1.77. The molecule has 2 N–H and O–H groups in total. The highest BCUT2D eigenvalue weighted by Gasteiger charge is 2.19. The molecule has 0 radical (unpaired) electrons. The molecule has 1 aromatic carbocycles. The molecule has 5 heteroatoms. The van der Waals surface area contributed by atoms with Crippen LogP contribution in [0.1, 0.15) is 18.1 Å². The average Bonchev–Trinajstić information content (AvgIpc) is 2.37. The average molecular weight is 237 g/mol. The van der Waals surface area contributed by atoms with Crippen molar-refractivity contribution in [3.8, 4) is 17.6 Å². The Balaban J connectivity index is 2.95. The number of hydrogen-bond acceptors (Lipinski definition) is 5. The lowest BCUT2D eigenvalue weighted by atomic mass is 10.0. The zero-order valence-corrected chi connectivity index (χ0v) is 9.75. The van der Waals surface area contributed by atoms with Gasteiger partial charge >= 0.3 is 0 Å². The molecule has 0 saturated carbocycles. The quantitative estimate of drug-likeness (QED) is 0.798. The van der Waals surface area contributed by atoms with Gasteiger partial charge in [0.15, 0.2) is 11.5 Å². The van der Waals surface area contributed by atoms with E-state index < -0.39 is 12.2 Å². The molecule has 0 aliphatic carbocycles. The van der Waals surface area contributed by atoms with Gasteiger partial charge in [0, 0.05) is 0 Å². The summed E-state index contributed by atoms with van der Waals surface area (Å²) in [6.07, 6.45) is -2.36. The molecule has 1 rings (SSSR count). The Kier molecular flexibility index (Phi) is 4.76. The van der Waals surface area contributed by atoms with Crippen LogP contribution in [0.3, 0.4) is 0 Å². The van der Waals surface area contributed by atoms with Gasteiger partial charge in [-0.05, 0) is 17.7 Å².